The summed E-state index contributed by atoms with van der Waals surface area (Å²) in [4.78, 5) is 30.4. The van der Waals surface area contributed by atoms with E-state index >= 15 is 0 Å². The van der Waals surface area contributed by atoms with Crippen LogP contribution in [-0.4, -0.2) is 9.49 Å². The molecule has 3 heterocycles. The van der Waals surface area contributed by atoms with Crippen molar-refractivity contribution in [1.82, 2.24) is 4.57 Å². The Morgan fingerprint density at radius 1 is 1.02 bits per heavy atom. The molecule has 0 spiro atoms. The third-order valence-corrected chi connectivity index (χ3v) is 8.81. The van der Waals surface area contributed by atoms with Crippen molar-refractivity contribution >= 4 is 44.7 Å². The molecule has 7 rings (SSSR count). The molecule has 0 saturated heterocycles. The largest absolute Gasteiger partial charge is 0.457 e. The molecule has 1 aliphatic carbocycles. The van der Waals surface area contributed by atoms with Crippen LogP contribution in [0, 0.1) is 10.1 Å². The van der Waals surface area contributed by atoms with E-state index in [4.69, 9.17) is 9.41 Å². The zero-order valence-corrected chi connectivity index (χ0v) is 23.3. The molecule has 0 N–H and O–H groups in total. The number of nitrogens with zero attached hydrogens (tertiary/aromatic N) is 3. The first-order valence-electron chi connectivity index (χ1n) is 12.7. The summed E-state index contributed by atoms with van der Waals surface area (Å²) in [5, 5.41) is 11.2. The molecule has 0 bridgehead atoms. The Morgan fingerprint density at radius 2 is 1.85 bits per heavy atom. The number of furan rings is 1. The number of allylic oxidation sites excluding steroid dienone is 1. The quantitative estimate of drug-likeness (QED) is 0.178. The molecule has 2 aliphatic rings. The molecule has 0 radical (unpaired) electrons. The van der Waals surface area contributed by atoms with Crippen molar-refractivity contribution in [3.63, 3.8) is 0 Å². The second-order valence-corrected chi connectivity index (χ2v) is 11.6. The first-order chi connectivity index (χ1) is 19.5. The second-order valence-electron chi connectivity index (χ2n) is 9.67. The summed E-state index contributed by atoms with van der Waals surface area (Å²) in [5.41, 5.74) is 5.97. The lowest BCUT2D eigenvalue weighted by Crippen LogP contribution is -2.38. The van der Waals surface area contributed by atoms with E-state index in [-0.39, 0.29) is 17.3 Å². The number of aryl methyl sites for hydroxylation is 1. The topological polar surface area (TPSA) is 90.6 Å². The van der Waals surface area contributed by atoms with Crippen LogP contribution in [0.2, 0.25) is 0 Å². The summed E-state index contributed by atoms with van der Waals surface area (Å²) >= 11 is 4.87. The predicted molar refractivity (Wildman–Crippen MR) is 158 cm³/mol. The fourth-order valence-electron chi connectivity index (χ4n) is 5.45. The normalized spacial score (nSPS) is 16.2. The average molecular weight is 610 g/mol. The van der Waals surface area contributed by atoms with Crippen molar-refractivity contribution in [2.75, 3.05) is 0 Å². The van der Waals surface area contributed by atoms with Crippen LogP contribution < -0.4 is 14.9 Å². The van der Waals surface area contributed by atoms with Gasteiger partial charge in [-0.25, -0.2) is 4.99 Å². The molecular weight excluding hydrogens is 590 g/mol. The number of fused-ring (bicyclic) bond motifs is 3. The molecule has 1 atom stereocenters. The van der Waals surface area contributed by atoms with E-state index in [1.807, 2.05) is 18.2 Å². The van der Waals surface area contributed by atoms with E-state index in [2.05, 4.69) is 46.3 Å². The number of non-ortho nitro benzene ring substituents is 1. The fraction of sp³-hybridized carbons (Fsp3) is 0.0968. The first kappa shape index (κ1) is 24.7. The highest BCUT2D eigenvalue weighted by atomic mass is 79.9. The van der Waals surface area contributed by atoms with Crippen LogP contribution in [0.15, 0.2) is 109 Å². The number of thiazole rings is 1. The van der Waals surface area contributed by atoms with Crippen LogP contribution in [0.4, 0.5) is 5.69 Å². The van der Waals surface area contributed by atoms with Crippen molar-refractivity contribution in [3.05, 3.63) is 147 Å². The Morgan fingerprint density at radius 3 is 2.67 bits per heavy atom. The lowest BCUT2D eigenvalue weighted by Gasteiger charge is -2.30. The van der Waals surface area contributed by atoms with Gasteiger partial charge in [-0.15, -0.1) is 0 Å². The van der Waals surface area contributed by atoms with E-state index in [0.29, 0.717) is 26.4 Å². The minimum atomic E-state index is -0.437. The SMILES string of the molecule is O=c1/c(=C\c2ccc(-c3cccc([N+](=O)[O-])c3)o2)sc2n1[C@H](c1ccc(Br)cc1)C1=C(N=2)c2ccccc2CC1. The zero-order valence-electron chi connectivity index (χ0n) is 20.9. The number of hydrogen-bond donors (Lipinski definition) is 0. The molecule has 3 aromatic carbocycles. The number of nitro benzene ring substituents is 1. The van der Waals surface area contributed by atoms with Crippen LogP contribution in [0.3, 0.4) is 0 Å². The van der Waals surface area contributed by atoms with Crippen molar-refractivity contribution in [2.24, 2.45) is 4.99 Å². The number of aromatic nitrogens is 1. The van der Waals surface area contributed by atoms with Gasteiger partial charge in [0, 0.05) is 33.8 Å². The smallest absolute Gasteiger partial charge is 0.271 e. The van der Waals surface area contributed by atoms with Crippen molar-refractivity contribution < 1.29 is 9.34 Å². The van der Waals surface area contributed by atoms with E-state index in [1.165, 1.54) is 29.0 Å². The molecule has 7 nitrogen and oxygen atoms in total. The first-order valence-corrected chi connectivity index (χ1v) is 14.3. The molecule has 0 fully saturated rings. The molecule has 5 aromatic rings. The van der Waals surface area contributed by atoms with Crippen LogP contribution in [0.5, 0.6) is 0 Å². The van der Waals surface area contributed by atoms with Crippen LogP contribution in [0.1, 0.15) is 34.9 Å². The molecular formula is C31H20BrN3O4S. The molecule has 0 saturated carbocycles. The highest BCUT2D eigenvalue weighted by Crippen LogP contribution is 2.41. The van der Waals surface area contributed by atoms with Crippen molar-refractivity contribution in [3.8, 4) is 11.3 Å². The number of nitro groups is 1. The van der Waals surface area contributed by atoms with Gasteiger partial charge in [0.15, 0.2) is 4.80 Å². The predicted octanol–water partition coefficient (Wildman–Crippen LogP) is 6.25. The number of benzene rings is 3. The van der Waals surface area contributed by atoms with Gasteiger partial charge < -0.3 is 4.42 Å². The second kappa shape index (κ2) is 9.69. The van der Waals surface area contributed by atoms with Gasteiger partial charge in [-0.05, 0) is 53.8 Å². The van der Waals surface area contributed by atoms with Crippen molar-refractivity contribution in [1.29, 1.82) is 0 Å². The van der Waals surface area contributed by atoms with Crippen LogP contribution in [-0.2, 0) is 6.42 Å². The summed E-state index contributed by atoms with van der Waals surface area (Å²) in [5.74, 6) is 0.976. The Hall–Kier alpha value is -4.34. The van der Waals surface area contributed by atoms with E-state index in [1.54, 1.807) is 34.9 Å². The van der Waals surface area contributed by atoms with Gasteiger partial charge in [0.05, 0.1) is 21.2 Å². The minimum Gasteiger partial charge on any atom is -0.457 e. The lowest BCUT2D eigenvalue weighted by molar-refractivity contribution is -0.384. The third-order valence-electron chi connectivity index (χ3n) is 7.30. The van der Waals surface area contributed by atoms with E-state index in [9.17, 15) is 14.9 Å². The zero-order chi connectivity index (χ0) is 27.4. The molecule has 0 unspecified atom stereocenters. The van der Waals surface area contributed by atoms with Crippen LogP contribution >= 0.6 is 27.3 Å². The highest BCUT2D eigenvalue weighted by Gasteiger charge is 2.32. The number of hydrogen-bond acceptors (Lipinski definition) is 6. The highest BCUT2D eigenvalue weighted by molar-refractivity contribution is 9.10. The van der Waals surface area contributed by atoms with E-state index in [0.717, 1.165) is 39.7 Å². The fourth-order valence-corrected chi connectivity index (χ4v) is 6.70. The van der Waals surface area contributed by atoms with Gasteiger partial charge in [0.1, 0.15) is 11.5 Å². The maximum absolute atomic E-state index is 13.9. The minimum absolute atomic E-state index is 0.0118. The standard InChI is InChI=1S/C31H20BrN3O4S/c32-21-11-8-19(9-12-21)29-25-14-10-18-4-1-2-7-24(18)28(25)33-31-34(29)30(36)27(40-31)17-23-13-15-26(39-23)20-5-3-6-22(16-20)35(37)38/h1-9,11-13,15-17,29H,10,14H2/b27-17+/t29-/m1/s1. The monoisotopic (exact) mass is 609 g/mol. The molecule has 0 amide bonds. The number of rotatable bonds is 4. The average Bonchev–Trinajstić information content (AvgIpc) is 3.57. The summed E-state index contributed by atoms with van der Waals surface area (Å²) < 4.78 is 9.28. The van der Waals surface area contributed by atoms with Gasteiger partial charge in [0.2, 0.25) is 0 Å². The van der Waals surface area contributed by atoms with Crippen LogP contribution in [0.25, 0.3) is 23.1 Å². The Labute approximate surface area is 240 Å². The maximum atomic E-state index is 13.9. The Balaban J connectivity index is 1.37. The summed E-state index contributed by atoms with van der Waals surface area (Å²) in [7, 11) is 0. The maximum Gasteiger partial charge on any atom is 0.271 e. The lowest BCUT2D eigenvalue weighted by atomic mass is 9.83. The molecule has 1 aliphatic heterocycles. The van der Waals surface area contributed by atoms with Crippen molar-refractivity contribution in [2.45, 2.75) is 18.9 Å². The Bertz CT molecular complexity index is 2040. The molecule has 40 heavy (non-hydrogen) atoms. The summed E-state index contributed by atoms with van der Waals surface area (Å²) in [6, 6.07) is 26.0. The van der Waals surface area contributed by atoms with Gasteiger partial charge in [0.25, 0.3) is 11.2 Å². The summed E-state index contributed by atoms with van der Waals surface area (Å²) in [6.07, 6.45) is 3.44. The summed E-state index contributed by atoms with van der Waals surface area (Å²) in [6.45, 7) is 0. The van der Waals surface area contributed by atoms with E-state index < -0.39 is 4.92 Å². The number of halogens is 1. The Kier molecular flexibility index (Phi) is 5.98. The molecule has 9 heteroatoms. The molecule has 196 valence electrons. The van der Waals surface area contributed by atoms with Gasteiger partial charge in [-0.1, -0.05) is 75.8 Å². The third kappa shape index (κ3) is 4.18. The molecule has 2 aromatic heterocycles. The van der Waals surface area contributed by atoms with Gasteiger partial charge in [-0.2, -0.15) is 0 Å². The van der Waals surface area contributed by atoms with Gasteiger partial charge in [-0.3, -0.25) is 19.5 Å². The van der Waals surface area contributed by atoms with Gasteiger partial charge >= 0.3 is 0 Å².